The maximum absolute atomic E-state index is 6.02. The fraction of sp³-hybridized carbons (Fsp3) is 0.556. The number of unbranched alkanes of at least 4 members (excludes halogenated alkanes) is 7. The van der Waals surface area contributed by atoms with E-state index in [2.05, 4.69) is 67.6 Å². The number of hydrogen-bond donors (Lipinski definition) is 0. The van der Waals surface area contributed by atoms with E-state index in [1.54, 1.807) is 0 Å². The molecule has 160 valence electrons. The van der Waals surface area contributed by atoms with Crippen molar-refractivity contribution in [3.05, 3.63) is 71.8 Å². The molecule has 0 spiro atoms. The summed E-state index contributed by atoms with van der Waals surface area (Å²) in [6, 6.07) is 21.3. The van der Waals surface area contributed by atoms with Gasteiger partial charge in [-0.3, -0.25) is 0 Å². The van der Waals surface area contributed by atoms with E-state index in [-0.39, 0.29) is 5.92 Å². The Morgan fingerprint density at radius 3 is 1.62 bits per heavy atom. The number of rotatable bonds is 17. The molecule has 0 aliphatic rings. The van der Waals surface area contributed by atoms with Gasteiger partial charge in [0.2, 0.25) is 0 Å². The Bertz CT molecular complexity index is 557. The van der Waals surface area contributed by atoms with Gasteiger partial charge in [-0.15, -0.1) is 0 Å². The zero-order chi connectivity index (χ0) is 20.4. The second kappa shape index (κ2) is 16.2. The first-order valence-electron chi connectivity index (χ1n) is 11.7. The molecule has 2 aromatic carbocycles. The Kier molecular flexibility index (Phi) is 13.2. The van der Waals surface area contributed by atoms with Crippen LogP contribution in [0.4, 0.5) is 0 Å². The van der Waals surface area contributed by atoms with Crippen LogP contribution < -0.4 is 0 Å². The molecule has 2 heteroatoms. The van der Waals surface area contributed by atoms with E-state index in [0.717, 1.165) is 26.2 Å². The summed E-state index contributed by atoms with van der Waals surface area (Å²) in [6.07, 6.45) is 11.7. The van der Waals surface area contributed by atoms with Crippen molar-refractivity contribution in [3.8, 4) is 0 Å². The van der Waals surface area contributed by atoms with Gasteiger partial charge in [0.1, 0.15) is 0 Å². The largest absolute Gasteiger partial charge is 0.381 e. The Labute approximate surface area is 178 Å². The molecule has 0 aliphatic carbocycles. The second-order valence-electron chi connectivity index (χ2n) is 7.89. The molecular formula is C27H40O2. The van der Waals surface area contributed by atoms with Crippen LogP contribution in [0.5, 0.6) is 0 Å². The zero-order valence-electron chi connectivity index (χ0n) is 18.4. The minimum absolute atomic E-state index is 0.288. The molecule has 0 saturated heterocycles. The van der Waals surface area contributed by atoms with Gasteiger partial charge in [-0.05, 0) is 24.0 Å². The van der Waals surface area contributed by atoms with Crippen LogP contribution in [0, 0.1) is 0 Å². The molecule has 2 aromatic rings. The highest BCUT2D eigenvalue weighted by molar-refractivity contribution is 5.32. The quantitative estimate of drug-likeness (QED) is 0.260. The van der Waals surface area contributed by atoms with Crippen molar-refractivity contribution in [1.29, 1.82) is 0 Å². The second-order valence-corrected chi connectivity index (χ2v) is 7.89. The van der Waals surface area contributed by atoms with Crippen molar-refractivity contribution < 1.29 is 9.47 Å². The molecule has 0 aliphatic heterocycles. The molecule has 2 nitrogen and oxygen atoms in total. The Balaban J connectivity index is 1.52. The smallest absolute Gasteiger partial charge is 0.0575 e. The van der Waals surface area contributed by atoms with Crippen molar-refractivity contribution in [2.75, 3.05) is 26.4 Å². The van der Waals surface area contributed by atoms with E-state index >= 15 is 0 Å². The molecule has 0 amide bonds. The average Bonchev–Trinajstić information content (AvgIpc) is 2.78. The lowest BCUT2D eigenvalue weighted by Gasteiger charge is -2.18. The van der Waals surface area contributed by atoms with E-state index < -0.39 is 0 Å². The van der Waals surface area contributed by atoms with Crippen LogP contribution in [0.1, 0.15) is 81.8 Å². The summed E-state index contributed by atoms with van der Waals surface area (Å²) in [6.45, 7) is 5.44. The molecule has 0 radical (unpaired) electrons. The van der Waals surface area contributed by atoms with Gasteiger partial charge in [0, 0.05) is 25.7 Å². The number of benzene rings is 2. The molecule has 0 fully saturated rings. The summed E-state index contributed by atoms with van der Waals surface area (Å²) in [4.78, 5) is 0. The van der Waals surface area contributed by atoms with Crippen LogP contribution in [-0.2, 0) is 9.47 Å². The normalized spacial score (nSPS) is 11.2. The topological polar surface area (TPSA) is 18.5 Å². The van der Waals surface area contributed by atoms with E-state index in [0.29, 0.717) is 6.61 Å². The molecule has 0 bridgehead atoms. The van der Waals surface area contributed by atoms with Crippen molar-refractivity contribution in [1.82, 2.24) is 0 Å². The predicted molar refractivity (Wildman–Crippen MR) is 124 cm³/mol. The van der Waals surface area contributed by atoms with Crippen molar-refractivity contribution in [2.45, 2.75) is 70.6 Å². The van der Waals surface area contributed by atoms with Crippen LogP contribution in [0.15, 0.2) is 60.7 Å². The summed E-state index contributed by atoms with van der Waals surface area (Å²) in [5, 5.41) is 0. The van der Waals surface area contributed by atoms with Gasteiger partial charge in [0.15, 0.2) is 0 Å². The highest BCUT2D eigenvalue weighted by Crippen LogP contribution is 2.24. The monoisotopic (exact) mass is 396 g/mol. The van der Waals surface area contributed by atoms with Crippen LogP contribution in [0.3, 0.4) is 0 Å². The summed E-state index contributed by atoms with van der Waals surface area (Å²) < 4.78 is 11.8. The Hall–Kier alpha value is -1.64. The van der Waals surface area contributed by atoms with E-state index in [1.807, 2.05) is 0 Å². The lowest BCUT2D eigenvalue weighted by Crippen LogP contribution is -2.11. The average molecular weight is 397 g/mol. The number of ether oxygens (including phenoxy) is 2. The first-order valence-corrected chi connectivity index (χ1v) is 11.7. The van der Waals surface area contributed by atoms with Crippen molar-refractivity contribution in [3.63, 3.8) is 0 Å². The van der Waals surface area contributed by atoms with Crippen LogP contribution in [-0.4, -0.2) is 26.4 Å². The first-order chi connectivity index (χ1) is 14.4. The Morgan fingerprint density at radius 1 is 0.552 bits per heavy atom. The molecule has 2 rings (SSSR count). The molecular weight excluding hydrogens is 356 g/mol. The Morgan fingerprint density at radius 2 is 1.03 bits per heavy atom. The van der Waals surface area contributed by atoms with Crippen LogP contribution in [0.2, 0.25) is 0 Å². The summed E-state index contributed by atoms with van der Waals surface area (Å²) in [5.74, 6) is 0.288. The SMILES string of the molecule is CCCCCCCCCCOCCCOCC(c1ccccc1)c1ccccc1. The fourth-order valence-electron chi connectivity index (χ4n) is 3.66. The first kappa shape index (κ1) is 23.6. The molecule has 0 atom stereocenters. The molecule has 0 unspecified atom stereocenters. The summed E-state index contributed by atoms with van der Waals surface area (Å²) in [5.41, 5.74) is 2.62. The molecule has 0 aromatic heterocycles. The standard InChI is InChI=1S/C27H40O2/c1-2-3-4-5-6-7-8-15-21-28-22-16-23-29-24-27(25-17-11-9-12-18-25)26-19-13-10-14-20-26/h9-14,17-20,27H,2-8,15-16,21-24H2,1H3. The van der Waals surface area contributed by atoms with Crippen molar-refractivity contribution >= 4 is 0 Å². The van der Waals surface area contributed by atoms with E-state index in [1.165, 1.54) is 62.5 Å². The highest BCUT2D eigenvalue weighted by Gasteiger charge is 2.13. The maximum Gasteiger partial charge on any atom is 0.0575 e. The van der Waals surface area contributed by atoms with Gasteiger partial charge < -0.3 is 9.47 Å². The van der Waals surface area contributed by atoms with Crippen LogP contribution in [0.25, 0.3) is 0 Å². The minimum Gasteiger partial charge on any atom is -0.381 e. The molecule has 0 saturated carbocycles. The number of hydrogen-bond acceptors (Lipinski definition) is 2. The van der Waals surface area contributed by atoms with Gasteiger partial charge in [-0.1, -0.05) is 113 Å². The summed E-state index contributed by atoms with van der Waals surface area (Å²) in [7, 11) is 0. The van der Waals surface area contributed by atoms with Gasteiger partial charge >= 0.3 is 0 Å². The maximum atomic E-state index is 6.02. The van der Waals surface area contributed by atoms with Crippen molar-refractivity contribution in [2.24, 2.45) is 0 Å². The van der Waals surface area contributed by atoms with E-state index in [9.17, 15) is 0 Å². The van der Waals surface area contributed by atoms with Gasteiger partial charge in [0.25, 0.3) is 0 Å². The minimum atomic E-state index is 0.288. The fourth-order valence-corrected chi connectivity index (χ4v) is 3.66. The lowest BCUT2D eigenvalue weighted by molar-refractivity contribution is 0.0783. The van der Waals surface area contributed by atoms with Gasteiger partial charge in [-0.2, -0.15) is 0 Å². The third kappa shape index (κ3) is 10.6. The van der Waals surface area contributed by atoms with Gasteiger partial charge in [-0.25, -0.2) is 0 Å². The van der Waals surface area contributed by atoms with Gasteiger partial charge in [0.05, 0.1) is 6.61 Å². The highest BCUT2D eigenvalue weighted by atomic mass is 16.5. The summed E-state index contributed by atoms with van der Waals surface area (Å²) >= 11 is 0. The van der Waals surface area contributed by atoms with E-state index in [4.69, 9.17) is 9.47 Å². The van der Waals surface area contributed by atoms with Crippen LogP contribution >= 0.6 is 0 Å². The third-order valence-electron chi connectivity index (χ3n) is 5.41. The predicted octanol–water partition coefficient (Wildman–Crippen LogP) is 7.38. The third-order valence-corrected chi connectivity index (χ3v) is 5.41. The molecule has 29 heavy (non-hydrogen) atoms. The molecule has 0 N–H and O–H groups in total. The lowest BCUT2D eigenvalue weighted by atomic mass is 9.92. The molecule has 0 heterocycles. The zero-order valence-corrected chi connectivity index (χ0v) is 18.4.